The number of carbonyl (C=O) groups is 1. The number of aromatic nitrogens is 1. The maximum absolute atomic E-state index is 12.5. The summed E-state index contributed by atoms with van der Waals surface area (Å²) in [6.45, 7) is 1.60. The van der Waals surface area contributed by atoms with Gasteiger partial charge in [-0.3, -0.25) is 9.69 Å². The molecular formula is C18H11Cl2F3N2O2S. The minimum Gasteiger partial charge on any atom is -0.359 e. The number of hydrogen-bond acceptors (Lipinski definition) is 4. The molecule has 0 saturated carbocycles. The molecule has 0 atom stereocenters. The zero-order valence-electron chi connectivity index (χ0n) is 14.1. The van der Waals surface area contributed by atoms with Gasteiger partial charge in [-0.1, -0.05) is 34.4 Å². The molecule has 10 heteroatoms. The SMILES string of the molecule is Cc1onc(-c2c(Cl)cccc2Cl)c1N(C=O)c1ccc(SC(F)(F)F)cc1. The summed E-state index contributed by atoms with van der Waals surface area (Å²) in [6, 6.07) is 10.2. The Kier molecular flexibility index (Phi) is 5.92. The van der Waals surface area contributed by atoms with Gasteiger partial charge in [-0.25, -0.2) is 0 Å². The number of carbonyl (C=O) groups excluding carboxylic acids is 1. The lowest BCUT2D eigenvalue weighted by atomic mass is 10.1. The van der Waals surface area contributed by atoms with Crippen molar-refractivity contribution in [3.05, 3.63) is 58.3 Å². The Morgan fingerprint density at radius 3 is 2.25 bits per heavy atom. The third kappa shape index (κ3) is 4.29. The van der Waals surface area contributed by atoms with Crippen molar-refractivity contribution in [1.29, 1.82) is 0 Å². The first-order valence-corrected chi connectivity index (χ1v) is 9.29. The number of anilines is 2. The van der Waals surface area contributed by atoms with Gasteiger partial charge in [-0.2, -0.15) is 13.2 Å². The number of benzene rings is 2. The molecule has 0 aliphatic heterocycles. The molecule has 0 radical (unpaired) electrons. The van der Waals surface area contributed by atoms with Crippen molar-refractivity contribution in [3.63, 3.8) is 0 Å². The van der Waals surface area contributed by atoms with Gasteiger partial charge < -0.3 is 4.52 Å². The number of thioether (sulfide) groups is 1. The van der Waals surface area contributed by atoms with Crippen LogP contribution in [0.2, 0.25) is 10.0 Å². The Hall–Kier alpha value is -2.16. The molecule has 0 unspecified atom stereocenters. The van der Waals surface area contributed by atoms with Gasteiger partial charge in [0.15, 0.2) is 5.76 Å². The van der Waals surface area contributed by atoms with Crippen molar-refractivity contribution in [2.24, 2.45) is 0 Å². The molecule has 0 N–H and O–H groups in total. The lowest BCUT2D eigenvalue weighted by molar-refractivity contribution is -0.106. The van der Waals surface area contributed by atoms with Gasteiger partial charge in [0, 0.05) is 16.1 Å². The fraction of sp³-hybridized carbons (Fsp3) is 0.111. The molecule has 0 bridgehead atoms. The molecule has 0 aliphatic rings. The van der Waals surface area contributed by atoms with E-state index in [1.54, 1.807) is 25.1 Å². The van der Waals surface area contributed by atoms with Crippen molar-refractivity contribution in [3.8, 4) is 11.3 Å². The lowest BCUT2D eigenvalue weighted by Crippen LogP contribution is -2.15. The minimum absolute atomic E-state index is 0.00138. The van der Waals surface area contributed by atoms with Crippen LogP contribution < -0.4 is 4.90 Å². The van der Waals surface area contributed by atoms with E-state index < -0.39 is 5.51 Å². The number of alkyl halides is 3. The molecule has 4 nitrogen and oxygen atoms in total. The standard InChI is InChI=1S/C18H11Cl2F3N2O2S/c1-10-17(16(24-27-10)15-13(19)3-2-4-14(15)20)25(9-26)11-5-7-12(8-6-11)28-18(21,22)23/h2-9H,1H3. The Morgan fingerprint density at radius 2 is 1.71 bits per heavy atom. The first-order valence-electron chi connectivity index (χ1n) is 7.72. The third-order valence-corrected chi connectivity index (χ3v) is 5.10. The maximum atomic E-state index is 12.5. The van der Waals surface area contributed by atoms with E-state index in [0.29, 0.717) is 39.2 Å². The predicted molar refractivity (Wildman–Crippen MR) is 103 cm³/mol. The van der Waals surface area contributed by atoms with Gasteiger partial charge in [0.05, 0.1) is 10.0 Å². The second kappa shape index (κ2) is 8.06. The summed E-state index contributed by atoms with van der Waals surface area (Å²) >= 11 is 12.2. The van der Waals surface area contributed by atoms with Crippen LogP contribution >= 0.6 is 35.0 Å². The van der Waals surface area contributed by atoms with Gasteiger partial charge in [-0.05, 0) is 55.1 Å². The normalized spacial score (nSPS) is 11.5. The van der Waals surface area contributed by atoms with Crippen LogP contribution in [0.5, 0.6) is 0 Å². The minimum atomic E-state index is -4.40. The summed E-state index contributed by atoms with van der Waals surface area (Å²) in [5, 5.41) is 4.59. The van der Waals surface area contributed by atoms with Gasteiger partial charge in [0.1, 0.15) is 11.4 Å². The van der Waals surface area contributed by atoms with Crippen LogP contribution in [-0.2, 0) is 4.79 Å². The van der Waals surface area contributed by atoms with Crippen LogP contribution in [0.1, 0.15) is 5.76 Å². The highest BCUT2D eigenvalue weighted by Crippen LogP contribution is 2.43. The van der Waals surface area contributed by atoms with Crippen molar-refractivity contribution in [2.45, 2.75) is 17.3 Å². The molecule has 3 aromatic rings. The number of hydrogen-bond donors (Lipinski definition) is 0. The van der Waals surface area contributed by atoms with E-state index >= 15 is 0 Å². The molecule has 0 saturated heterocycles. The van der Waals surface area contributed by atoms with Crippen molar-refractivity contribution in [2.75, 3.05) is 4.90 Å². The van der Waals surface area contributed by atoms with E-state index in [1.807, 2.05) is 0 Å². The Bertz CT molecular complexity index is 987. The van der Waals surface area contributed by atoms with E-state index in [-0.39, 0.29) is 22.4 Å². The Balaban J connectivity index is 2.05. The highest BCUT2D eigenvalue weighted by molar-refractivity contribution is 8.00. The van der Waals surface area contributed by atoms with Crippen LogP contribution in [-0.4, -0.2) is 17.1 Å². The van der Waals surface area contributed by atoms with Gasteiger partial charge >= 0.3 is 5.51 Å². The molecule has 1 heterocycles. The molecular weight excluding hydrogens is 436 g/mol. The quantitative estimate of drug-likeness (QED) is 0.317. The molecule has 28 heavy (non-hydrogen) atoms. The van der Waals surface area contributed by atoms with Crippen LogP contribution in [0.25, 0.3) is 11.3 Å². The van der Waals surface area contributed by atoms with E-state index in [2.05, 4.69) is 5.16 Å². The van der Waals surface area contributed by atoms with Gasteiger partial charge in [-0.15, -0.1) is 0 Å². The third-order valence-electron chi connectivity index (χ3n) is 3.73. The number of rotatable bonds is 5. The van der Waals surface area contributed by atoms with Crippen molar-refractivity contribution >= 4 is 52.7 Å². The number of aryl methyl sites for hydroxylation is 1. The Labute approximate surface area is 172 Å². The summed E-state index contributed by atoms with van der Waals surface area (Å²) in [5.41, 5.74) is -3.15. The molecule has 0 fully saturated rings. The molecule has 2 aromatic carbocycles. The number of halogens is 5. The van der Waals surface area contributed by atoms with Crippen LogP contribution in [0.3, 0.4) is 0 Å². The lowest BCUT2D eigenvalue weighted by Gasteiger charge is -2.18. The van der Waals surface area contributed by atoms with E-state index in [0.717, 1.165) is 0 Å². The number of nitrogens with zero attached hydrogens (tertiary/aromatic N) is 2. The largest absolute Gasteiger partial charge is 0.446 e. The van der Waals surface area contributed by atoms with Gasteiger partial charge in [0.25, 0.3) is 0 Å². The fourth-order valence-electron chi connectivity index (χ4n) is 2.59. The van der Waals surface area contributed by atoms with E-state index in [4.69, 9.17) is 27.7 Å². The molecule has 0 spiro atoms. The highest BCUT2D eigenvalue weighted by Gasteiger charge is 2.29. The summed E-state index contributed by atoms with van der Waals surface area (Å²) in [7, 11) is 0. The Morgan fingerprint density at radius 1 is 1.11 bits per heavy atom. The van der Waals surface area contributed by atoms with E-state index in [9.17, 15) is 18.0 Å². The van der Waals surface area contributed by atoms with Crippen molar-refractivity contribution < 1.29 is 22.5 Å². The summed E-state index contributed by atoms with van der Waals surface area (Å²) in [6.07, 6.45) is 0.514. The zero-order valence-corrected chi connectivity index (χ0v) is 16.5. The second-order valence-corrected chi connectivity index (χ2v) is 7.50. The highest BCUT2D eigenvalue weighted by atomic mass is 35.5. The molecule has 1 aromatic heterocycles. The summed E-state index contributed by atoms with van der Waals surface area (Å²) in [4.78, 5) is 13.0. The predicted octanol–water partition coefficient (Wildman–Crippen LogP) is 6.86. The number of amides is 1. The average molecular weight is 447 g/mol. The average Bonchev–Trinajstić information content (AvgIpc) is 2.97. The first-order chi connectivity index (χ1) is 13.2. The molecule has 0 aliphatic carbocycles. The van der Waals surface area contributed by atoms with Crippen LogP contribution in [0, 0.1) is 6.92 Å². The van der Waals surface area contributed by atoms with Gasteiger partial charge in [0.2, 0.25) is 6.41 Å². The van der Waals surface area contributed by atoms with E-state index in [1.165, 1.54) is 29.2 Å². The molecule has 146 valence electrons. The summed E-state index contributed by atoms with van der Waals surface area (Å²) < 4.78 is 42.8. The maximum Gasteiger partial charge on any atom is 0.446 e. The monoisotopic (exact) mass is 446 g/mol. The molecule has 3 rings (SSSR count). The smallest absolute Gasteiger partial charge is 0.359 e. The zero-order chi connectivity index (χ0) is 20.5. The first kappa shape index (κ1) is 20.6. The van der Waals surface area contributed by atoms with Crippen LogP contribution in [0.4, 0.5) is 24.5 Å². The van der Waals surface area contributed by atoms with Crippen molar-refractivity contribution in [1.82, 2.24) is 5.16 Å². The topological polar surface area (TPSA) is 46.3 Å². The van der Waals surface area contributed by atoms with Crippen LogP contribution in [0.15, 0.2) is 51.9 Å². The second-order valence-electron chi connectivity index (χ2n) is 5.55. The summed E-state index contributed by atoms with van der Waals surface area (Å²) in [5.74, 6) is 0.312. The fourth-order valence-corrected chi connectivity index (χ4v) is 3.71. The molecule has 1 amide bonds.